The van der Waals surface area contributed by atoms with Crippen LogP contribution in [0.1, 0.15) is 30.0 Å². The fourth-order valence-electron chi connectivity index (χ4n) is 3.08. The van der Waals surface area contributed by atoms with Gasteiger partial charge in [-0.25, -0.2) is 9.36 Å². The molecular formula is C17H23N4O2+. The number of hydrogen-bond acceptors (Lipinski definition) is 3. The lowest BCUT2D eigenvalue weighted by atomic mass is 10.1. The molecule has 0 amide bonds. The highest BCUT2D eigenvalue weighted by Gasteiger charge is 2.25. The number of benzene rings is 1. The summed E-state index contributed by atoms with van der Waals surface area (Å²) in [6, 6.07) is 5.88. The molecular weight excluding hydrogens is 292 g/mol. The van der Waals surface area contributed by atoms with Crippen molar-refractivity contribution in [3.63, 3.8) is 0 Å². The minimum atomic E-state index is -0.400. The number of anilines is 1. The Hall–Kier alpha value is -2.34. The van der Waals surface area contributed by atoms with E-state index in [1.165, 1.54) is 10.5 Å². The monoisotopic (exact) mass is 315 g/mol. The summed E-state index contributed by atoms with van der Waals surface area (Å²) in [6.07, 6.45) is 1.06. The molecule has 0 aliphatic carbocycles. The Morgan fingerprint density at radius 3 is 2.70 bits per heavy atom. The van der Waals surface area contributed by atoms with E-state index in [1.54, 1.807) is 4.57 Å². The highest BCUT2D eigenvalue weighted by atomic mass is 16.2. The summed E-state index contributed by atoms with van der Waals surface area (Å²) >= 11 is 0. The van der Waals surface area contributed by atoms with Gasteiger partial charge >= 0.3 is 5.69 Å². The molecule has 6 nitrogen and oxygen atoms in total. The predicted octanol–water partition coefficient (Wildman–Crippen LogP) is 0.321. The molecule has 0 radical (unpaired) electrons. The van der Waals surface area contributed by atoms with E-state index in [4.69, 9.17) is 0 Å². The van der Waals surface area contributed by atoms with Crippen LogP contribution < -0.4 is 21.5 Å². The Balaban J connectivity index is 2.15. The Kier molecular flexibility index (Phi) is 4.09. The Bertz CT molecular complexity index is 851. The summed E-state index contributed by atoms with van der Waals surface area (Å²) in [5.41, 5.74) is 3.03. The lowest BCUT2D eigenvalue weighted by Crippen LogP contribution is -3.12. The van der Waals surface area contributed by atoms with Crippen LogP contribution in [0.25, 0.3) is 5.69 Å². The van der Waals surface area contributed by atoms with Crippen LogP contribution in [0, 0.1) is 13.8 Å². The van der Waals surface area contributed by atoms with Crippen molar-refractivity contribution in [2.24, 2.45) is 0 Å². The lowest BCUT2D eigenvalue weighted by Gasteiger charge is -2.28. The summed E-state index contributed by atoms with van der Waals surface area (Å²) < 4.78 is 1.58. The number of aromatic nitrogens is 2. The first-order valence-corrected chi connectivity index (χ1v) is 8.04. The maximum absolute atomic E-state index is 12.4. The molecule has 1 aromatic heterocycles. The van der Waals surface area contributed by atoms with Gasteiger partial charge in [0.25, 0.3) is 5.56 Å². The third-order valence-corrected chi connectivity index (χ3v) is 4.49. The van der Waals surface area contributed by atoms with Crippen molar-refractivity contribution >= 4 is 5.82 Å². The molecule has 1 aromatic carbocycles. The third-order valence-electron chi connectivity index (χ3n) is 4.49. The predicted molar refractivity (Wildman–Crippen MR) is 90.4 cm³/mol. The number of aromatic amines is 1. The molecule has 2 heterocycles. The van der Waals surface area contributed by atoms with Crippen molar-refractivity contribution in [1.82, 2.24) is 9.55 Å². The van der Waals surface area contributed by atoms with Crippen molar-refractivity contribution in [3.8, 4) is 5.69 Å². The van der Waals surface area contributed by atoms with E-state index < -0.39 is 5.69 Å². The number of fused-ring (bicyclic) bond motifs is 1. The number of nitrogens with zero attached hydrogens (tertiary/aromatic N) is 1. The summed E-state index contributed by atoms with van der Waals surface area (Å²) in [5, 5.41) is 3.29. The van der Waals surface area contributed by atoms with E-state index in [0.29, 0.717) is 24.6 Å². The molecule has 0 bridgehead atoms. The van der Waals surface area contributed by atoms with Gasteiger partial charge in [-0.15, -0.1) is 0 Å². The zero-order valence-corrected chi connectivity index (χ0v) is 13.8. The van der Waals surface area contributed by atoms with Crippen LogP contribution in [0.15, 0.2) is 27.8 Å². The number of quaternary nitrogens is 1. The molecule has 0 fully saturated rings. The quantitative estimate of drug-likeness (QED) is 0.764. The molecule has 1 aliphatic heterocycles. The van der Waals surface area contributed by atoms with Crippen LogP contribution in [-0.2, 0) is 6.54 Å². The van der Waals surface area contributed by atoms with Crippen LogP contribution in [0.5, 0.6) is 0 Å². The Labute approximate surface area is 134 Å². The Morgan fingerprint density at radius 1 is 1.22 bits per heavy atom. The van der Waals surface area contributed by atoms with Crippen molar-refractivity contribution < 1.29 is 4.90 Å². The summed E-state index contributed by atoms with van der Waals surface area (Å²) in [5.74, 6) is 0.627. The largest absolute Gasteiger partial charge is 0.334 e. The number of nitrogens with one attached hydrogen (secondary N) is 3. The van der Waals surface area contributed by atoms with Crippen LogP contribution in [0.2, 0.25) is 0 Å². The molecule has 3 N–H and O–H groups in total. The van der Waals surface area contributed by atoms with Crippen LogP contribution in [0.3, 0.4) is 0 Å². The minimum Gasteiger partial charge on any atom is -0.324 e. The van der Waals surface area contributed by atoms with Gasteiger partial charge in [-0.05, 0) is 43.5 Å². The molecule has 1 unspecified atom stereocenters. The molecule has 122 valence electrons. The van der Waals surface area contributed by atoms with Crippen molar-refractivity contribution in [3.05, 3.63) is 55.7 Å². The molecule has 6 heteroatoms. The van der Waals surface area contributed by atoms with Crippen molar-refractivity contribution in [2.45, 2.75) is 33.7 Å². The fraction of sp³-hybridized carbons (Fsp3) is 0.412. The second-order valence-electron chi connectivity index (χ2n) is 6.22. The SMILES string of the molecule is CCC[NH+]1CNc2c(c(=O)[nH]c(=O)n2-c2ccc(C)c(C)c2)C1. The number of rotatable bonds is 3. The van der Waals surface area contributed by atoms with Gasteiger partial charge in [-0.1, -0.05) is 13.0 Å². The standard InChI is InChI=1S/C17H22N4O2/c1-4-7-20-9-14-15(18-10-20)21(17(23)19-16(14)22)13-6-5-11(2)12(3)8-13/h5-6,8,18H,4,7,9-10H2,1-3H3,(H,19,22,23)/p+1. The minimum absolute atomic E-state index is 0.286. The first kappa shape index (κ1) is 15.6. The van der Waals surface area contributed by atoms with Crippen LogP contribution >= 0.6 is 0 Å². The smallest absolute Gasteiger partial charge is 0.324 e. The fourth-order valence-corrected chi connectivity index (χ4v) is 3.08. The Morgan fingerprint density at radius 2 is 2.00 bits per heavy atom. The number of H-pyrrole nitrogens is 1. The second-order valence-corrected chi connectivity index (χ2v) is 6.22. The molecule has 2 aromatic rings. The van der Waals surface area contributed by atoms with E-state index in [1.807, 2.05) is 32.0 Å². The highest BCUT2D eigenvalue weighted by Crippen LogP contribution is 2.18. The van der Waals surface area contributed by atoms with Gasteiger partial charge in [0.05, 0.1) is 12.2 Å². The third kappa shape index (κ3) is 2.82. The van der Waals surface area contributed by atoms with Gasteiger partial charge in [0.2, 0.25) is 0 Å². The molecule has 0 saturated heterocycles. The first-order valence-electron chi connectivity index (χ1n) is 8.04. The van der Waals surface area contributed by atoms with Crippen molar-refractivity contribution in [1.29, 1.82) is 0 Å². The van der Waals surface area contributed by atoms with Crippen LogP contribution in [0.4, 0.5) is 5.82 Å². The molecule has 3 rings (SSSR count). The first-order chi connectivity index (χ1) is 11.0. The zero-order valence-electron chi connectivity index (χ0n) is 13.8. The van der Waals surface area contributed by atoms with Gasteiger partial charge < -0.3 is 10.2 Å². The molecule has 0 saturated carbocycles. The average Bonchev–Trinajstić information content (AvgIpc) is 2.51. The van der Waals surface area contributed by atoms with Gasteiger partial charge in [0.1, 0.15) is 17.9 Å². The molecule has 0 spiro atoms. The normalized spacial score (nSPS) is 16.7. The van der Waals surface area contributed by atoms with E-state index in [2.05, 4.69) is 17.2 Å². The van der Waals surface area contributed by atoms with Crippen LogP contribution in [-0.4, -0.2) is 22.8 Å². The van der Waals surface area contributed by atoms with E-state index in [-0.39, 0.29) is 5.56 Å². The molecule has 1 atom stereocenters. The summed E-state index contributed by atoms with van der Waals surface area (Å²) in [7, 11) is 0. The number of aryl methyl sites for hydroxylation is 2. The van der Waals surface area contributed by atoms with Gasteiger partial charge in [-0.3, -0.25) is 9.78 Å². The highest BCUT2D eigenvalue weighted by molar-refractivity contribution is 5.52. The zero-order chi connectivity index (χ0) is 16.6. The molecule has 23 heavy (non-hydrogen) atoms. The maximum atomic E-state index is 12.4. The topological polar surface area (TPSA) is 71.3 Å². The van der Waals surface area contributed by atoms with Crippen molar-refractivity contribution in [2.75, 3.05) is 18.5 Å². The average molecular weight is 315 g/mol. The lowest BCUT2D eigenvalue weighted by molar-refractivity contribution is -0.912. The number of hydrogen-bond donors (Lipinski definition) is 3. The van der Waals surface area contributed by atoms with Gasteiger partial charge in [-0.2, -0.15) is 0 Å². The molecule has 1 aliphatic rings. The van der Waals surface area contributed by atoms with E-state index >= 15 is 0 Å². The summed E-state index contributed by atoms with van der Waals surface area (Å²) in [6.45, 7) is 8.53. The second kappa shape index (κ2) is 6.04. The van der Waals surface area contributed by atoms with Gasteiger partial charge in [0, 0.05) is 0 Å². The van der Waals surface area contributed by atoms with Gasteiger partial charge in [0.15, 0.2) is 6.67 Å². The summed E-state index contributed by atoms with van der Waals surface area (Å²) in [4.78, 5) is 28.4. The van der Waals surface area contributed by atoms with E-state index in [0.717, 1.165) is 24.2 Å². The van der Waals surface area contributed by atoms with E-state index in [9.17, 15) is 9.59 Å². The maximum Gasteiger partial charge on any atom is 0.334 e.